The van der Waals surface area contributed by atoms with E-state index in [9.17, 15) is 4.79 Å². The van der Waals surface area contributed by atoms with Gasteiger partial charge >= 0.3 is 5.97 Å². The molecule has 0 aliphatic heterocycles. The van der Waals surface area contributed by atoms with E-state index in [1.54, 1.807) is 12.1 Å². The lowest BCUT2D eigenvalue weighted by Crippen LogP contribution is -2.23. The van der Waals surface area contributed by atoms with Gasteiger partial charge in [-0.3, -0.25) is 4.79 Å². The molecular formula is C17H28N2O3. The number of benzene rings is 1. The first-order valence-electron chi connectivity index (χ1n) is 7.77. The molecule has 0 amide bonds. The smallest absolute Gasteiger partial charge is 0.306 e. The molecule has 0 unspecified atom stereocenters. The molecule has 0 aromatic heterocycles. The SMILES string of the molecule is CC(C)(C)OC(=O)CCCCCCOc1ccc(N)c(N)c1. The molecule has 22 heavy (non-hydrogen) atoms. The Labute approximate surface area is 133 Å². The lowest BCUT2D eigenvalue weighted by atomic mass is 10.1. The van der Waals surface area contributed by atoms with Crippen molar-refractivity contribution >= 4 is 17.3 Å². The number of carbonyl (C=O) groups excluding carboxylic acids is 1. The lowest BCUT2D eigenvalue weighted by Gasteiger charge is -2.19. The molecular weight excluding hydrogens is 280 g/mol. The van der Waals surface area contributed by atoms with Crippen LogP contribution in [-0.4, -0.2) is 18.2 Å². The number of hydrogen-bond acceptors (Lipinski definition) is 5. The second-order valence-corrected chi connectivity index (χ2v) is 6.39. The predicted molar refractivity (Wildman–Crippen MR) is 89.7 cm³/mol. The minimum absolute atomic E-state index is 0.124. The van der Waals surface area contributed by atoms with E-state index in [0.717, 1.165) is 31.4 Å². The van der Waals surface area contributed by atoms with Crippen LogP contribution in [0.3, 0.4) is 0 Å². The van der Waals surface area contributed by atoms with E-state index in [-0.39, 0.29) is 5.97 Å². The molecule has 0 saturated carbocycles. The first-order valence-corrected chi connectivity index (χ1v) is 7.77. The average molecular weight is 308 g/mol. The molecule has 0 aliphatic carbocycles. The Kier molecular flexibility index (Phi) is 7.02. The largest absolute Gasteiger partial charge is 0.494 e. The highest BCUT2D eigenvalue weighted by Crippen LogP contribution is 2.21. The summed E-state index contributed by atoms with van der Waals surface area (Å²) in [4.78, 5) is 11.5. The Balaban J connectivity index is 2.06. The van der Waals surface area contributed by atoms with Crippen molar-refractivity contribution in [2.45, 2.75) is 58.5 Å². The molecule has 5 heteroatoms. The maximum absolute atomic E-state index is 11.5. The summed E-state index contributed by atoms with van der Waals surface area (Å²) in [5, 5.41) is 0. The first-order chi connectivity index (χ1) is 10.3. The zero-order valence-electron chi connectivity index (χ0n) is 13.9. The normalized spacial score (nSPS) is 11.2. The third-order valence-electron chi connectivity index (χ3n) is 3.02. The van der Waals surface area contributed by atoms with Crippen LogP contribution in [0, 0.1) is 0 Å². The van der Waals surface area contributed by atoms with Gasteiger partial charge in [-0.2, -0.15) is 0 Å². The molecule has 0 spiro atoms. The molecule has 1 aromatic carbocycles. The van der Waals surface area contributed by atoms with E-state index >= 15 is 0 Å². The summed E-state index contributed by atoms with van der Waals surface area (Å²) in [5.41, 5.74) is 12.1. The fraction of sp³-hybridized carbons (Fsp3) is 0.588. The summed E-state index contributed by atoms with van der Waals surface area (Å²) < 4.78 is 10.9. The molecule has 1 rings (SSSR count). The van der Waals surface area contributed by atoms with Gasteiger partial charge in [0.05, 0.1) is 18.0 Å². The second-order valence-electron chi connectivity index (χ2n) is 6.39. The minimum Gasteiger partial charge on any atom is -0.494 e. The van der Waals surface area contributed by atoms with Gasteiger partial charge in [-0.15, -0.1) is 0 Å². The molecule has 0 atom stereocenters. The summed E-state index contributed by atoms with van der Waals surface area (Å²) in [6, 6.07) is 5.29. The zero-order chi connectivity index (χ0) is 16.6. The molecule has 0 aliphatic rings. The fourth-order valence-electron chi connectivity index (χ4n) is 1.95. The van der Waals surface area contributed by atoms with Crippen LogP contribution in [0.5, 0.6) is 5.75 Å². The highest BCUT2D eigenvalue weighted by molar-refractivity contribution is 5.69. The van der Waals surface area contributed by atoms with Crippen molar-refractivity contribution in [3.8, 4) is 5.75 Å². The maximum atomic E-state index is 11.5. The molecule has 0 radical (unpaired) electrons. The summed E-state index contributed by atoms with van der Waals surface area (Å²) >= 11 is 0. The van der Waals surface area contributed by atoms with Crippen LogP contribution in [0.25, 0.3) is 0 Å². The quantitative estimate of drug-likeness (QED) is 0.436. The van der Waals surface area contributed by atoms with Crippen molar-refractivity contribution in [2.75, 3.05) is 18.1 Å². The van der Waals surface area contributed by atoms with E-state index in [1.165, 1.54) is 0 Å². The van der Waals surface area contributed by atoms with Gasteiger partial charge in [0.15, 0.2) is 0 Å². The number of esters is 1. The van der Waals surface area contributed by atoms with Crippen molar-refractivity contribution in [1.82, 2.24) is 0 Å². The van der Waals surface area contributed by atoms with Crippen molar-refractivity contribution in [2.24, 2.45) is 0 Å². The molecule has 4 N–H and O–H groups in total. The monoisotopic (exact) mass is 308 g/mol. The van der Waals surface area contributed by atoms with Crippen molar-refractivity contribution in [3.05, 3.63) is 18.2 Å². The van der Waals surface area contributed by atoms with Gasteiger partial charge in [-0.1, -0.05) is 12.8 Å². The summed E-state index contributed by atoms with van der Waals surface area (Å²) in [6.45, 7) is 6.28. The number of unbranched alkanes of at least 4 members (excludes halogenated alkanes) is 3. The van der Waals surface area contributed by atoms with Gasteiger partial charge in [0, 0.05) is 12.5 Å². The molecule has 0 heterocycles. The summed E-state index contributed by atoms with van der Waals surface area (Å²) in [7, 11) is 0. The second kappa shape index (κ2) is 8.51. The third kappa shape index (κ3) is 7.76. The van der Waals surface area contributed by atoms with Crippen LogP contribution in [0.4, 0.5) is 11.4 Å². The van der Waals surface area contributed by atoms with E-state index < -0.39 is 5.60 Å². The first kappa shape index (κ1) is 18.1. The number of nitrogen functional groups attached to an aromatic ring is 2. The van der Waals surface area contributed by atoms with Crippen LogP contribution >= 0.6 is 0 Å². The van der Waals surface area contributed by atoms with Gasteiger partial charge in [-0.05, 0) is 45.7 Å². The molecule has 1 aromatic rings. The van der Waals surface area contributed by atoms with Crippen molar-refractivity contribution in [1.29, 1.82) is 0 Å². The van der Waals surface area contributed by atoms with E-state index in [2.05, 4.69) is 0 Å². The van der Waals surface area contributed by atoms with E-state index in [1.807, 2.05) is 26.8 Å². The summed E-state index contributed by atoms with van der Waals surface area (Å²) in [6.07, 6.45) is 4.29. The van der Waals surface area contributed by atoms with Gasteiger partial charge in [-0.25, -0.2) is 0 Å². The number of anilines is 2. The Morgan fingerprint density at radius 3 is 2.36 bits per heavy atom. The number of ether oxygens (including phenoxy) is 2. The number of carbonyl (C=O) groups is 1. The zero-order valence-corrected chi connectivity index (χ0v) is 13.9. The van der Waals surface area contributed by atoms with Crippen LogP contribution in [0.15, 0.2) is 18.2 Å². The maximum Gasteiger partial charge on any atom is 0.306 e. The molecule has 124 valence electrons. The van der Waals surface area contributed by atoms with Crippen molar-refractivity contribution < 1.29 is 14.3 Å². The Morgan fingerprint density at radius 1 is 1.05 bits per heavy atom. The third-order valence-corrected chi connectivity index (χ3v) is 3.02. The molecule has 0 fully saturated rings. The molecule has 5 nitrogen and oxygen atoms in total. The molecule has 0 bridgehead atoms. The van der Waals surface area contributed by atoms with E-state index in [4.69, 9.17) is 20.9 Å². The lowest BCUT2D eigenvalue weighted by molar-refractivity contribution is -0.154. The van der Waals surface area contributed by atoms with Gasteiger partial charge in [0.2, 0.25) is 0 Å². The highest BCUT2D eigenvalue weighted by Gasteiger charge is 2.15. The van der Waals surface area contributed by atoms with Crippen LogP contribution in [0.1, 0.15) is 52.9 Å². The number of nitrogens with two attached hydrogens (primary N) is 2. The van der Waals surface area contributed by atoms with Crippen LogP contribution in [0.2, 0.25) is 0 Å². The standard InChI is InChI=1S/C17H28N2O3/c1-17(2,3)22-16(20)8-6-4-5-7-11-21-13-9-10-14(18)15(19)12-13/h9-10,12H,4-8,11,18-19H2,1-3H3. The molecule has 0 saturated heterocycles. The summed E-state index contributed by atoms with van der Waals surface area (Å²) in [5.74, 6) is 0.613. The minimum atomic E-state index is -0.397. The van der Waals surface area contributed by atoms with Crippen molar-refractivity contribution in [3.63, 3.8) is 0 Å². The Morgan fingerprint density at radius 2 is 1.73 bits per heavy atom. The van der Waals surface area contributed by atoms with Crippen LogP contribution in [-0.2, 0) is 9.53 Å². The van der Waals surface area contributed by atoms with Gasteiger partial charge in [0.1, 0.15) is 11.4 Å². The average Bonchev–Trinajstić information content (AvgIpc) is 2.39. The van der Waals surface area contributed by atoms with Crippen LogP contribution < -0.4 is 16.2 Å². The van der Waals surface area contributed by atoms with Gasteiger partial charge in [0.25, 0.3) is 0 Å². The number of rotatable bonds is 8. The van der Waals surface area contributed by atoms with E-state index in [0.29, 0.717) is 24.4 Å². The Hall–Kier alpha value is -1.91. The predicted octanol–water partition coefficient (Wildman–Crippen LogP) is 3.52. The fourth-order valence-corrected chi connectivity index (χ4v) is 1.95. The Bertz CT molecular complexity index is 481. The van der Waals surface area contributed by atoms with Gasteiger partial charge < -0.3 is 20.9 Å². The topological polar surface area (TPSA) is 87.6 Å². The highest BCUT2D eigenvalue weighted by atomic mass is 16.6. The number of hydrogen-bond donors (Lipinski definition) is 2.